The molecule has 3 aromatic carbocycles. The van der Waals surface area contributed by atoms with Crippen LogP contribution < -0.4 is 0 Å². The van der Waals surface area contributed by atoms with Crippen molar-refractivity contribution in [1.82, 2.24) is 0 Å². The number of esters is 1. The van der Waals surface area contributed by atoms with E-state index in [1.165, 1.54) is 7.11 Å². The van der Waals surface area contributed by atoms with Crippen LogP contribution in [0.5, 0.6) is 0 Å². The molecule has 1 aliphatic rings. The summed E-state index contributed by atoms with van der Waals surface area (Å²) >= 11 is 0. The van der Waals surface area contributed by atoms with Crippen LogP contribution in [-0.2, 0) is 25.5 Å². The Hall–Kier alpha value is -2.57. The fourth-order valence-corrected chi connectivity index (χ4v) is 7.71. The van der Waals surface area contributed by atoms with Crippen LogP contribution in [0.2, 0.25) is 0 Å². The zero-order valence-electron chi connectivity index (χ0n) is 13.9. The summed E-state index contributed by atoms with van der Waals surface area (Å²) in [6.07, 6.45) is 0. The second kappa shape index (κ2) is 6.30. The Morgan fingerprint density at radius 1 is 0.808 bits per heavy atom. The van der Waals surface area contributed by atoms with Crippen molar-refractivity contribution in [3.63, 3.8) is 0 Å². The van der Waals surface area contributed by atoms with Crippen LogP contribution in [0.15, 0.2) is 97.3 Å². The molecule has 0 aliphatic carbocycles. The number of ether oxygens (including phenoxy) is 1. The Bertz CT molecular complexity index is 1050. The highest BCUT2D eigenvalue weighted by Gasteiger charge is 2.44. The van der Waals surface area contributed by atoms with Gasteiger partial charge in [-0.15, -0.1) is 0 Å². The fraction of sp³-hybridized carbons (Fsp3) is 0.0500. The van der Waals surface area contributed by atoms with E-state index in [9.17, 15) is 13.2 Å². The molecule has 4 rings (SSSR count). The van der Waals surface area contributed by atoms with Crippen molar-refractivity contribution in [3.05, 3.63) is 78.4 Å². The lowest BCUT2D eigenvalue weighted by Gasteiger charge is -2.19. The van der Waals surface area contributed by atoms with Crippen LogP contribution in [0.3, 0.4) is 0 Å². The van der Waals surface area contributed by atoms with Crippen LogP contribution in [0.25, 0.3) is 0 Å². The molecule has 6 heteroatoms. The maximum absolute atomic E-state index is 13.0. The van der Waals surface area contributed by atoms with Crippen LogP contribution in [0, 0.1) is 0 Å². The number of hydrogen-bond acceptors (Lipinski definition) is 4. The Kier molecular flexibility index (Phi) is 4.09. The molecule has 0 unspecified atom stereocenters. The van der Waals surface area contributed by atoms with Gasteiger partial charge in [-0.25, -0.2) is 13.2 Å². The summed E-state index contributed by atoms with van der Waals surface area (Å²) in [5.41, 5.74) is 0.464. The Morgan fingerprint density at radius 3 is 1.81 bits per heavy atom. The van der Waals surface area contributed by atoms with Gasteiger partial charge >= 0.3 is 5.97 Å². The smallest absolute Gasteiger partial charge is 0.337 e. The van der Waals surface area contributed by atoms with Gasteiger partial charge in [0.05, 0.1) is 12.7 Å². The average molecular weight is 383 g/mol. The van der Waals surface area contributed by atoms with E-state index in [0.717, 1.165) is 14.7 Å². The highest BCUT2D eigenvalue weighted by Crippen LogP contribution is 2.44. The highest BCUT2D eigenvalue weighted by molar-refractivity contribution is 8.00. The van der Waals surface area contributed by atoms with Gasteiger partial charge in [-0.2, -0.15) is 0 Å². The summed E-state index contributed by atoms with van der Waals surface area (Å²) < 4.78 is 30.7. The Morgan fingerprint density at radius 2 is 1.31 bits per heavy atom. The van der Waals surface area contributed by atoms with Gasteiger partial charge in [-0.1, -0.05) is 24.3 Å². The number of carbonyl (C=O) groups is 1. The molecule has 0 fully saturated rings. The first kappa shape index (κ1) is 16.9. The molecule has 130 valence electrons. The zero-order chi connectivity index (χ0) is 18.3. The fourth-order valence-electron chi connectivity index (χ4n) is 3.02. The maximum atomic E-state index is 13.0. The van der Waals surface area contributed by atoms with Crippen molar-refractivity contribution in [2.24, 2.45) is 0 Å². The van der Waals surface area contributed by atoms with Crippen molar-refractivity contribution < 1.29 is 17.9 Å². The lowest BCUT2D eigenvalue weighted by atomic mass is 10.2. The van der Waals surface area contributed by atoms with E-state index in [4.69, 9.17) is 4.74 Å². The molecule has 4 nitrogen and oxygen atoms in total. The first-order valence-corrected chi connectivity index (χ1v) is 10.6. The molecule has 0 amide bonds. The summed E-state index contributed by atoms with van der Waals surface area (Å²) in [7, 11) is -2.75. The molecule has 1 heterocycles. The second-order valence-corrected chi connectivity index (χ2v) is 9.57. The number of hydrogen-bond donors (Lipinski definition) is 0. The van der Waals surface area contributed by atoms with E-state index in [0.29, 0.717) is 15.4 Å². The third kappa shape index (κ3) is 2.53. The van der Waals surface area contributed by atoms with Crippen molar-refractivity contribution in [1.29, 1.82) is 0 Å². The standard InChI is InChI=1S/C20H15O4S2/c1-24-20(21)14-10-12-15(13-11-14)25-16-6-2-4-8-18(16)26(22,23)19-9-5-3-7-17(19)25/h2-13H,1H3/q+1. The van der Waals surface area contributed by atoms with Gasteiger partial charge in [0.1, 0.15) is 20.7 Å². The molecule has 0 atom stereocenters. The lowest BCUT2D eigenvalue weighted by Crippen LogP contribution is -2.20. The second-order valence-electron chi connectivity index (χ2n) is 5.72. The lowest BCUT2D eigenvalue weighted by molar-refractivity contribution is 0.0600. The summed E-state index contributed by atoms with van der Waals surface area (Å²) in [5, 5.41) is 0. The molecule has 0 N–H and O–H groups in total. The van der Waals surface area contributed by atoms with E-state index in [1.807, 2.05) is 36.4 Å². The number of rotatable bonds is 2. The third-order valence-electron chi connectivity index (χ3n) is 4.23. The van der Waals surface area contributed by atoms with E-state index in [-0.39, 0.29) is 0 Å². The molecular weight excluding hydrogens is 368 g/mol. The number of sulfone groups is 1. The van der Waals surface area contributed by atoms with Gasteiger partial charge in [0.15, 0.2) is 14.7 Å². The van der Waals surface area contributed by atoms with E-state index in [1.54, 1.807) is 36.4 Å². The molecule has 0 aromatic heterocycles. The Balaban J connectivity index is 1.94. The minimum Gasteiger partial charge on any atom is -0.465 e. The highest BCUT2D eigenvalue weighted by atomic mass is 32.2. The minimum atomic E-state index is -3.54. The predicted molar refractivity (Wildman–Crippen MR) is 98.3 cm³/mol. The first-order valence-electron chi connectivity index (χ1n) is 7.90. The topological polar surface area (TPSA) is 60.4 Å². The monoisotopic (exact) mass is 383 g/mol. The molecule has 0 saturated heterocycles. The predicted octanol–water partition coefficient (Wildman–Crippen LogP) is 3.71. The summed E-state index contributed by atoms with van der Waals surface area (Å²) in [5.74, 6) is -0.396. The van der Waals surface area contributed by atoms with Crippen molar-refractivity contribution in [2.75, 3.05) is 7.11 Å². The van der Waals surface area contributed by atoms with Gasteiger partial charge in [0, 0.05) is 0 Å². The molecule has 0 spiro atoms. The van der Waals surface area contributed by atoms with Crippen LogP contribution in [-0.4, -0.2) is 21.5 Å². The van der Waals surface area contributed by atoms with Crippen LogP contribution in [0.1, 0.15) is 10.4 Å². The molecule has 26 heavy (non-hydrogen) atoms. The van der Waals surface area contributed by atoms with E-state index < -0.39 is 26.7 Å². The Labute approximate surface area is 154 Å². The molecule has 3 aromatic rings. The van der Waals surface area contributed by atoms with Crippen molar-refractivity contribution in [2.45, 2.75) is 24.5 Å². The van der Waals surface area contributed by atoms with Gasteiger partial charge < -0.3 is 4.74 Å². The summed E-state index contributed by atoms with van der Waals surface area (Å²) in [4.78, 5) is 14.9. The number of fused-ring (bicyclic) bond motifs is 2. The SMILES string of the molecule is COC(=O)c1ccc([S+]2c3ccccc3S(=O)(=O)c3ccccc32)cc1. The van der Waals surface area contributed by atoms with E-state index >= 15 is 0 Å². The van der Waals surface area contributed by atoms with Crippen molar-refractivity contribution in [3.8, 4) is 0 Å². The summed E-state index contributed by atoms with van der Waals surface area (Å²) in [6, 6.07) is 21.4. The van der Waals surface area contributed by atoms with Gasteiger partial charge in [-0.05, 0) is 48.5 Å². The van der Waals surface area contributed by atoms with Crippen molar-refractivity contribution >= 4 is 26.7 Å². The molecule has 0 saturated carbocycles. The van der Waals surface area contributed by atoms with Gasteiger partial charge in [-0.3, -0.25) is 0 Å². The van der Waals surface area contributed by atoms with Gasteiger partial charge in [0.25, 0.3) is 0 Å². The molecule has 0 bridgehead atoms. The quantitative estimate of drug-likeness (QED) is 0.391. The van der Waals surface area contributed by atoms with Crippen LogP contribution in [0.4, 0.5) is 0 Å². The largest absolute Gasteiger partial charge is 0.465 e. The zero-order valence-corrected chi connectivity index (χ0v) is 15.5. The van der Waals surface area contributed by atoms with Gasteiger partial charge in [0.2, 0.25) is 9.84 Å². The van der Waals surface area contributed by atoms with E-state index in [2.05, 4.69) is 0 Å². The molecule has 1 aliphatic heterocycles. The third-order valence-corrected chi connectivity index (χ3v) is 8.69. The first-order chi connectivity index (χ1) is 12.5. The number of methoxy groups -OCH3 is 1. The maximum Gasteiger partial charge on any atom is 0.337 e. The number of benzene rings is 3. The van der Waals surface area contributed by atoms with Crippen LogP contribution >= 0.6 is 0 Å². The number of carbonyl (C=O) groups excluding carboxylic acids is 1. The normalized spacial score (nSPS) is 15.0. The molecular formula is C20H15O4S2+. The molecule has 0 radical (unpaired) electrons. The average Bonchev–Trinajstić information content (AvgIpc) is 2.68. The minimum absolute atomic E-state index is 0.346. The summed E-state index contributed by atoms with van der Waals surface area (Å²) in [6.45, 7) is 0.